The van der Waals surface area contributed by atoms with E-state index in [1.165, 1.54) is 12.1 Å². The van der Waals surface area contributed by atoms with E-state index in [2.05, 4.69) is 15.4 Å². The van der Waals surface area contributed by atoms with Crippen molar-refractivity contribution in [2.45, 2.75) is 31.2 Å². The van der Waals surface area contributed by atoms with E-state index in [0.717, 1.165) is 42.3 Å². The second kappa shape index (κ2) is 6.42. The molecular formula is C21H20ClFN4O2. The SMILES string of the molecule is Cn1cc2ccnc(CC34CC(NC(=O)COc5ccc(Cl)c(F)c5)(C3)C4)c2n1. The van der Waals surface area contributed by atoms with Crippen molar-refractivity contribution in [1.29, 1.82) is 0 Å². The van der Waals surface area contributed by atoms with Gasteiger partial charge >= 0.3 is 0 Å². The smallest absolute Gasteiger partial charge is 0.258 e. The molecule has 0 radical (unpaired) electrons. The third kappa shape index (κ3) is 3.23. The Hall–Kier alpha value is -2.67. The minimum atomic E-state index is -0.567. The second-order valence-electron chi connectivity index (χ2n) is 8.40. The van der Waals surface area contributed by atoms with Gasteiger partial charge in [0.1, 0.15) is 17.1 Å². The number of halogens is 2. The highest BCUT2D eigenvalue weighted by Gasteiger charge is 2.68. The second-order valence-corrected chi connectivity index (χ2v) is 8.81. The van der Waals surface area contributed by atoms with Crippen LogP contribution in [0.3, 0.4) is 0 Å². The topological polar surface area (TPSA) is 69.0 Å². The molecule has 3 aliphatic rings. The molecule has 150 valence electrons. The summed E-state index contributed by atoms with van der Waals surface area (Å²) in [5, 5.41) is 8.74. The normalized spacial score (nSPS) is 24.7. The maximum Gasteiger partial charge on any atom is 0.258 e. The molecule has 6 rings (SSSR count). The number of rotatable bonds is 6. The number of carbonyl (C=O) groups excluding carboxylic acids is 1. The number of hydrogen-bond donors (Lipinski definition) is 1. The lowest BCUT2D eigenvalue weighted by Crippen LogP contribution is -2.75. The number of ether oxygens (including phenoxy) is 1. The number of aromatic nitrogens is 3. The number of nitrogens with one attached hydrogen (secondary N) is 1. The van der Waals surface area contributed by atoms with Gasteiger partial charge in [-0.3, -0.25) is 14.5 Å². The Morgan fingerprint density at radius 1 is 1.34 bits per heavy atom. The Kier molecular flexibility index (Phi) is 4.07. The van der Waals surface area contributed by atoms with Crippen LogP contribution in [0.4, 0.5) is 4.39 Å². The summed E-state index contributed by atoms with van der Waals surface area (Å²) >= 11 is 5.65. The molecule has 6 nitrogen and oxygen atoms in total. The van der Waals surface area contributed by atoms with E-state index in [-0.39, 0.29) is 34.2 Å². The number of hydrogen-bond acceptors (Lipinski definition) is 4. The lowest BCUT2D eigenvalue weighted by Gasteiger charge is -2.70. The number of amides is 1. The number of aryl methyl sites for hydroxylation is 1. The van der Waals surface area contributed by atoms with Crippen LogP contribution in [0.5, 0.6) is 5.75 Å². The van der Waals surface area contributed by atoms with Crippen molar-refractivity contribution < 1.29 is 13.9 Å². The minimum absolute atomic E-state index is 0.0249. The molecule has 2 heterocycles. The van der Waals surface area contributed by atoms with Gasteiger partial charge in [-0.1, -0.05) is 11.6 Å². The fraction of sp³-hybridized carbons (Fsp3) is 0.381. The third-order valence-electron chi connectivity index (χ3n) is 5.96. The summed E-state index contributed by atoms with van der Waals surface area (Å²) in [4.78, 5) is 16.8. The molecule has 3 aliphatic carbocycles. The van der Waals surface area contributed by atoms with Crippen molar-refractivity contribution in [2.24, 2.45) is 12.5 Å². The monoisotopic (exact) mass is 414 g/mol. The molecule has 0 atom stereocenters. The van der Waals surface area contributed by atoms with Gasteiger partial charge in [0.25, 0.3) is 5.91 Å². The van der Waals surface area contributed by atoms with Crippen LogP contribution in [0.2, 0.25) is 5.02 Å². The molecule has 1 N–H and O–H groups in total. The Bertz CT molecular complexity index is 1110. The quantitative estimate of drug-likeness (QED) is 0.671. The number of carbonyl (C=O) groups is 1. The highest BCUT2D eigenvalue weighted by atomic mass is 35.5. The van der Waals surface area contributed by atoms with Gasteiger partial charge in [-0.25, -0.2) is 4.39 Å². The van der Waals surface area contributed by atoms with Crippen LogP contribution in [0.15, 0.2) is 36.7 Å². The molecule has 3 fully saturated rings. The largest absolute Gasteiger partial charge is 0.484 e. The molecule has 0 saturated heterocycles. The lowest BCUT2D eigenvalue weighted by atomic mass is 9.38. The summed E-state index contributed by atoms with van der Waals surface area (Å²) in [6, 6.07) is 6.10. The molecule has 0 spiro atoms. The van der Waals surface area contributed by atoms with Crippen LogP contribution >= 0.6 is 11.6 Å². The zero-order valence-corrected chi connectivity index (χ0v) is 16.7. The fourth-order valence-electron chi connectivity index (χ4n) is 4.97. The van der Waals surface area contributed by atoms with Gasteiger partial charge in [0.2, 0.25) is 0 Å². The van der Waals surface area contributed by atoms with Crippen molar-refractivity contribution in [3.63, 3.8) is 0 Å². The summed E-state index contributed by atoms with van der Waals surface area (Å²) < 4.78 is 20.6. The van der Waals surface area contributed by atoms with E-state index >= 15 is 0 Å². The van der Waals surface area contributed by atoms with Crippen molar-refractivity contribution in [3.05, 3.63) is 53.2 Å². The van der Waals surface area contributed by atoms with Crippen molar-refractivity contribution in [2.75, 3.05) is 6.61 Å². The van der Waals surface area contributed by atoms with E-state index < -0.39 is 5.82 Å². The van der Waals surface area contributed by atoms with Crippen molar-refractivity contribution in [1.82, 2.24) is 20.1 Å². The average Bonchev–Trinajstić information content (AvgIpc) is 3.01. The maximum absolute atomic E-state index is 13.4. The molecule has 0 aliphatic heterocycles. The van der Waals surface area contributed by atoms with Crippen LogP contribution in [0.1, 0.15) is 25.0 Å². The number of benzene rings is 1. The zero-order valence-electron chi connectivity index (χ0n) is 15.9. The van der Waals surface area contributed by atoms with Crippen LogP contribution in [0, 0.1) is 11.2 Å². The van der Waals surface area contributed by atoms with E-state index in [9.17, 15) is 9.18 Å². The molecule has 8 heteroatoms. The standard InChI is InChI=1S/C21H20ClFN4O2/c1-27-8-13-4-5-24-17(19(13)26-27)7-20-10-21(11-20,12-20)25-18(28)9-29-14-2-3-15(22)16(23)6-14/h2-6,8H,7,9-12H2,1H3,(H,25,28). The summed E-state index contributed by atoms with van der Waals surface area (Å²) in [6.45, 7) is -0.148. The van der Waals surface area contributed by atoms with Crippen LogP contribution in [-0.2, 0) is 18.3 Å². The molecule has 1 amide bonds. The predicted octanol–water partition coefficient (Wildman–Crippen LogP) is 3.42. The van der Waals surface area contributed by atoms with Crippen LogP contribution < -0.4 is 10.1 Å². The lowest BCUT2D eigenvalue weighted by molar-refractivity contribution is -0.166. The van der Waals surface area contributed by atoms with Gasteiger partial charge < -0.3 is 10.1 Å². The summed E-state index contributed by atoms with van der Waals surface area (Å²) in [6.07, 6.45) is 7.51. The Balaban J connectivity index is 1.16. The number of pyridine rings is 1. The molecule has 0 unspecified atom stereocenters. The molecule has 3 saturated carbocycles. The van der Waals surface area contributed by atoms with Gasteiger partial charge in [0.05, 0.1) is 10.7 Å². The van der Waals surface area contributed by atoms with Gasteiger partial charge in [0, 0.05) is 36.4 Å². The maximum atomic E-state index is 13.4. The highest BCUT2D eigenvalue weighted by molar-refractivity contribution is 6.30. The van der Waals surface area contributed by atoms with E-state index in [1.54, 1.807) is 6.07 Å². The van der Waals surface area contributed by atoms with Crippen LogP contribution in [0.25, 0.3) is 10.9 Å². The summed E-state index contributed by atoms with van der Waals surface area (Å²) in [7, 11) is 1.91. The van der Waals surface area contributed by atoms with Crippen molar-refractivity contribution in [3.8, 4) is 5.75 Å². The molecule has 3 aromatic rings. The molecule has 2 aromatic heterocycles. The van der Waals surface area contributed by atoms with Crippen molar-refractivity contribution >= 4 is 28.4 Å². The van der Waals surface area contributed by atoms with Crippen LogP contribution in [-0.4, -0.2) is 32.8 Å². The van der Waals surface area contributed by atoms with Gasteiger partial charge in [-0.2, -0.15) is 5.10 Å². The molecular weight excluding hydrogens is 395 g/mol. The first-order valence-electron chi connectivity index (χ1n) is 9.52. The Morgan fingerprint density at radius 3 is 2.90 bits per heavy atom. The Labute approximate surface area is 172 Å². The zero-order chi connectivity index (χ0) is 20.2. The fourth-order valence-corrected chi connectivity index (χ4v) is 5.09. The molecule has 1 aromatic carbocycles. The molecule has 2 bridgehead atoms. The summed E-state index contributed by atoms with van der Waals surface area (Å²) in [5.41, 5.74) is 2.05. The third-order valence-corrected chi connectivity index (χ3v) is 6.27. The van der Waals surface area contributed by atoms with E-state index in [4.69, 9.17) is 16.3 Å². The predicted molar refractivity (Wildman–Crippen MR) is 106 cm³/mol. The summed E-state index contributed by atoms with van der Waals surface area (Å²) in [5.74, 6) is -0.480. The Morgan fingerprint density at radius 2 is 2.14 bits per heavy atom. The molecule has 29 heavy (non-hydrogen) atoms. The number of fused-ring (bicyclic) bond motifs is 1. The first-order valence-corrected chi connectivity index (χ1v) is 9.89. The highest BCUT2D eigenvalue weighted by Crippen LogP contribution is 2.68. The number of nitrogens with zero attached hydrogens (tertiary/aromatic N) is 3. The van der Waals surface area contributed by atoms with Gasteiger partial charge in [-0.15, -0.1) is 0 Å². The minimum Gasteiger partial charge on any atom is -0.484 e. The average molecular weight is 415 g/mol. The van der Waals surface area contributed by atoms with E-state index in [0.29, 0.717) is 0 Å². The van der Waals surface area contributed by atoms with E-state index in [1.807, 2.05) is 30.2 Å². The first kappa shape index (κ1) is 18.4. The van der Waals surface area contributed by atoms with Gasteiger partial charge in [0.15, 0.2) is 6.61 Å². The first-order chi connectivity index (χ1) is 13.9. The van der Waals surface area contributed by atoms with Gasteiger partial charge in [-0.05, 0) is 49.3 Å².